The Bertz CT molecular complexity index is 342. The van der Waals surface area contributed by atoms with Crippen molar-refractivity contribution in [1.82, 2.24) is 9.88 Å². The first-order chi connectivity index (χ1) is 8.29. The highest BCUT2D eigenvalue weighted by Crippen LogP contribution is 2.16. The van der Waals surface area contributed by atoms with Gasteiger partial charge >= 0.3 is 0 Å². The average Bonchev–Trinajstić information content (AvgIpc) is 2.56. The van der Waals surface area contributed by atoms with Gasteiger partial charge in [0, 0.05) is 38.3 Å². The van der Waals surface area contributed by atoms with Crippen LogP contribution in [0.25, 0.3) is 0 Å². The molecular weight excluding hydrogens is 257 g/mol. The van der Waals surface area contributed by atoms with E-state index in [9.17, 15) is 0 Å². The zero-order chi connectivity index (χ0) is 12.1. The van der Waals surface area contributed by atoms with Gasteiger partial charge in [0.25, 0.3) is 0 Å². The van der Waals surface area contributed by atoms with Crippen molar-refractivity contribution in [2.75, 3.05) is 43.5 Å². The zero-order valence-electron chi connectivity index (χ0n) is 9.78. The van der Waals surface area contributed by atoms with Crippen molar-refractivity contribution in [3.05, 3.63) is 23.4 Å². The molecule has 0 aromatic carbocycles. The van der Waals surface area contributed by atoms with E-state index in [1.54, 1.807) is 6.20 Å². The van der Waals surface area contributed by atoms with Crippen LogP contribution in [0, 0.1) is 0 Å². The van der Waals surface area contributed by atoms with Gasteiger partial charge < -0.3 is 9.80 Å². The minimum atomic E-state index is 0.687. The molecule has 0 bridgehead atoms. The topological polar surface area (TPSA) is 19.4 Å². The molecule has 3 nitrogen and oxygen atoms in total. The number of hydrogen-bond acceptors (Lipinski definition) is 3. The lowest BCUT2D eigenvalue weighted by Crippen LogP contribution is -2.32. The van der Waals surface area contributed by atoms with Gasteiger partial charge in [-0.3, -0.25) is 0 Å². The molecule has 1 aromatic heterocycles. The van der Waals surface area contributed by atoms with E-state index in [4.69, 9.17) is 23.2 Å². The van der Waals surface area contributed by atoms with Crippen LogP contribution in [-0.2, 0) is 0 Å². The standard InChI is InChI=1S/C12H17Cl2N3/c13-4-7-16-5-1-6-17(9-8-16)12-3-2-11(14)10-15-12/h2-3,10H,1,4-9H2. The second-order valence-corrected chi connectivity index (χ2v) is 5.02. The first-order valence-corrected chi connectivity index (χ1v) is 6.85. The molecule has 0 radical (unpaired) electrons. The highest BCUT2D eigenvalue weighted by molar-refractivity contribution is 6.30. The lowest BCUT2D eigenvalue weighted by Gasteiger charge is -2.22. The number of pyridine rings is 1. The maximum atomic E-state index is 5.84. The Hall–Kier alpha value is -0.510. The summed E-state index contributed by atoms with van der Waals surface area (Å²) in [5, 5.41) is 0.687. The summed E-state index contributed by atoms with van der Waals surface area (Å²) in [7, 11) is 0. The average molecular weight is 274 g/mol. The molecule has 0 N–H and O–H groups in total. The van der Waals surface area contributed by atoms with Gasteiger partial charge in [-0.2, -0.15) is 0 Å². The Morgan fingerprint density at radius 2 is 2.06 bits per heavy atom. The van der Waals surface area contributed by atoms with Gasteiger partial charge in [0.05, 0.1) is 5.02 Å². The molecule has 0 atom stereocenters. The number of aromatic nitrogens is 1. The van der Waals surface area contributed by atoms with Crippen LogP contribution in [0.15, 0.2) is 18.3 Å². The van der Waals surface area contributed by atoms with Crippen LogP contribution >= 0.6 is 23.2 Å². The van der Waals surface area contributed by atoms with Gasteiger partial charge in [-0.25, -0.2) is 4.98 Å². The molecule has 0 amide bonds. The molecule has 0 saturated carbocycles. The molecule has 1 saturated heterocycles. The zero-order valence-corrected chi connectivity index (χ0v) is 11.3. The first-order valence-electron chi connectivity index (χ1n) is 5.94. The lowest BCUT2D eigenvalue weighted by atomic mass is 10.3. The van der Waals surface area contributed by atoms with E-state index in [1.165, 1.54) is 0 Å². The van der Waals surface area contributed by atoms with Gasteiger partial charge in [-0.15, -0.1) is 11.6 Å². The molecule has 1 aromatic rings. The smallest absolute Gasteiger partial charge is 0.128 e. The van der Waals surface area contributed by atoms with Crippen molar-refractivity contribution < 1.29 is 0 Å². The normalized spacial score (nSPS) is 18.1. The Morgan fingerprint density at radius 1 is 1.18 bits per heavy atom. The largest absolute Gasteiger partial charge is 0.355 e. The molecule has 1 fully saturated rings. The monoisotopic (exact) mass is 273 g/mol. The molecule has 2 heterocycles. The minimum Gasteiger partial charge on any atom is -0.355 e. The molecule has 2 rings (SSSR count). The lowest BCUT2D eigenvalue weighted by molar-refractivity contribution is 0.311. The highest BCUT2D eigenvalue weighted by atomic mass is 35.5. The van der Waals surface area contributed by atoms with E-state index < -0.39 is 0 Å². The van der Waals surface area contributed by atoms with Crippen LogP contribution < -0.4 is 4.90 Å². The molecule has 0 aliphatic carbocycles. The van der Waals surface area contributed by atoms with E-state index in [-0.39, 0.29) is 0 Å². The second-order valence-electron chi connectivity index (χ2n) is 4.21. The Labute approximate surface area is 112 Å². The number of rotatable bonds is 3. The van der Waals surface area contributed by atoms with Crippen LogP contribution in [0.2, 0.25) is 5.02 Å². The maximum absolute atomic E-state index is 5.84. The van der Waals surface area contributed by atoms with Crippen LogP contribution in [0.1, 0.15) is 6.42 Å². The SMILES string of the molecule is ClCCN1CCCN(c2ccc(Cl)cn2)CC1. The fraction of sp³-hybridized carbons (Fsp3) is 0.583. The van der Waals surface area contributed by atoms with Gasteiger partial charge in [0.2, 0.25) is 0 Å². The van der Waals surface area contributed by atoms with Gasteiger partial charge in [0.15, 0.2) is 0 Å². The quantitative estimate of drug-likeness (QED) is 0.789. The van der Waals surface area contributed by atoms with Crippen molar-refractivity contribution in [1.29, 1.82) is 0 Å². The summed E-state index contributed by atoms with van der Waals surface area (Å²) in [5.41, 5.74) is 0. The summed E-state index contributed by atoms with van der Waals surface area (Å²) in [6, 6.07) is 3.88. The summed E-state index contributed by atoms with van der Waals surface area (Å²) in [5.74, 6) is 1.72. The molecule has 1 aliphatic heterocycles. The van der Waals surface area contributed by atoms with Gasteiger partial charge in [-0.05, 0) is 25.1 Å². The van der Waals surface area contributed by atoms with Crippen molar-refractivity contribution >= 4 is 29.0 Å². The van der Waals surface area contributed by atoms with E-state index in [0.29, 0.717) is 10.9 Å². The molecule has 17 heavy (non-hydrogen) atoms. The number of halogens is 2. The summed E-state index contributed by atoms with van der Waals surface area (Å²) in [4.78, 5) is 9.08. The van der Waals surface area contributed by atoms with E-state index >= 15 is 0 Å². The highest BCUT2D eigenvalue weighted by Gasteiger charge is 2.15. The maximum Gasteiger partial charge on any atom is 0.128 e. The van der Waals surface area contributed by atoms with E-state index in [2.05, 4.69) is 14.8 Å². The fourth-order valence-corrected chi connectivity index (χ4v) is 2.45. The van der Waals surface area contributed by atoms with E-state index in [1.807, 2.05) is 12.1 Å². The Kier molecular flexibility index (Phi) is 4.89. The molecule has 5 heteroatoms. The third-order valence-electron chi connectivity index (χ3n) is 3.03. The van der Waals surface area contributed by atoms with Gasteiger partial charge in [-0.1, -0.05) is 11.6 Å². The molecule has 0 unspecified atom stereocenters. The number of anilines is 1. The number of nitrogens with zero attached hydrogens (tertiary/aromatic N) is 3. The predicted molar refractivity (Wildman–Crippen MR) is 73.2 cm³/mol. The summed E-state index contributed by atoms with van der Waals surface area (Å²) in [6.07, 6.45) is 2.86. The first kappa shape index (κ1) is 12.9. The Balaban J connectivity index is 1.96. The summed E-state index contributed by atoms with van der Waals surface area (Å²) >= 11 is 11.6. The van der Waals surface area contributed by atoms with E-state index in [0.717, 1.165) is 45.0 Å². The predicted octanol–water partition coefficient (Wildman–Crippen LogP) is 2.49. The summed E-state index contributed by atoms with van der Waals surface area (Å²) < 4.78 is 0. The third kappa shape index (κ3) is 3.73. The second kappa shape index (κ2) is 6.43. The number of hydrogen-bond donors (Lipinski definition) is 0. The Morgan fingerprint density at radius 3 is 2.76 bits per heavy atom. The molecule has 1 aliphatic rings. The van der Waals surface area contributed by atoms with Crippen molar-refractivity contribution in [3.8, 4) is 0 Å². The fourth-order valence-electron chi connectivity index (χ4n) is 2.10. The van der Waals surface area contributed by atoms with Crippen LogP contribution in [0.3, 0.4) is 0 Å². The summed E-state index contributed by atoms with van der Waals surface area (Å²) in [6.45, 7) is 5.20. The third-order valence-corrected chi connectivity index (χ3v) is 3.42. The van der Waals surface area contributed by atoms with Crippen LogP contribution in [0.5, 0.6) is 0 Å². The van der Waals surface area contributed by atoms with Crippen molar-refractivity contribution in [3.63, 3.8) is 0 Å². The van der Waals surface area contributed by atoms with Crippen molar-refractivity contribution in [2.45, 2.75) is 6.42 Å². The van der Waals surface area contributed by atoms with Crippen LogP contribution in [-0.4, -0.2) is 48.5 Å². The molecule has 0 spiro atoms. The van der Waals surface area contributed by atoms with Crippen molar-refractivity contribution in [2.24, 2.45) is 0 Å². The van der Waals surface area contributed by atoms with Gasteiger partial charge in [0.1, 0.15) is 5.82 Å². The molecule has 94 valence electrons. The molecular formula is C12H17Cl2N3. The number of alkyl halides is 1. The minimum absolute atomic E-state index is 0.687. The van der Waals surface area contributed by atoms with Crippen LogP contribution in [0.4, 0.5) is 5.82 Å².